The second-order valence-corrected chi connectivity index (χ2v) is 11.3. The lowest BCUT2D eigenvalue weighted by Crippen LogP contribution is -2.25. The maximum atomic E-state index is 12.3. The standard InChI is InChI=1S/C18H36O2.C13H13.Al/c1-2-3-4-5-6-7-8-9-10-11-12-13-14-15-16-17-18(19)20;1-9-5-4-6-12-7-10(2)11(3)8-13(9)12;/h2-17H2,1H3,(H,19,20);4-6,8H,1-3H3;/q;;+1/p-1. The van der Waals surface area contributed by atoms with Gasteiger partial charge < -0.3 is 3.79 Å². The second-order valence-electron chi connectivity index (χ2n) is 10.2. The zero-order chi connectivity index (χ0) is 24.6. The van der Waals surface area contributed by atoms with E-state index in [4.69, 9.17) is 3.79 Å². The van der Waals surface area contributed by atoms with Crippen molar-refractivity contribution in [3.63, 3.8) is 0 Å². The molecule has 0 unspecified atom stereocenters. The Morgan fingerprint density at radius 1 is 0.706 bits per heavy atom. The molecule has 0 N–H and O–H groups in total. The van der Waals surface area contributed by atoms with Crippen LogP contribution in [0.1, 0.15) is 126 Å². The quantitative estimate of drug-likeness (QED) is 0.158. The Bertz CT molecular complexity index is 858. The van der Waals surface area contributed by atoms with Crippen LogP contribution >= 0.6 is 0 Å². The Labute approximate surface area is 216 Å². The number of aryl methyl sites for hydroxylation is 2. The van der Waals surface area contributed by atoms with Crippen molar-refractivity contribution in [3.05, 3.63) is 41.0 Å². The number of carbonyl (C=O) groups is 1. The van der Waals surface area contributed by atoms with Crippen LogP contribution in [-0.4, -0.2) is 21.5 Å². The summed E-state index contributed by atoms with van der Waals surface area (Å²) in [5.74, 6) is -0.0218. The fourth-order valence-corrected chi connectivity index (χ4v) is 5.97. The van der Waals surface area contributed by atoms with Crippen LogP contribution in [0.25, 0.3) is 10.8 Å². The van der Waals surface area contributed by atoms with Crippen molar-refractivity contribution in [3.8, 4) is 0 Å². The van der Waals surface area contributed by atoms with E-state index < -0.39 is 15.6 Å². The van der Waals surface area contributed by atoms with Crippen molar-refractivity contribution in [2.24, 2.45) is 0 Å². The molecule has 2 aromatic carbocycles. The van der Waals surface area contributed by atoms with Crippen LogP contribution in [0.5, 0.6) is 0 Å². The first-order valence-electron chi connectivity index (χ1n) is 14.1. The lowest BCUT2D eigenvalue weighted by molar-refractivity contribution is -0.134. The van der Waals surface area contributed by atoms with Crippen molar-refractivity contribution in [1.29, 1.82) is 0 Å². The first-order valence-corrected chi connectivity index (χ1v) is 15.1. The first kappa shape index (κ1) is 28.9. The van der Waals surface area contributed by atoms with Crippen molar-refractivity contribution in [1.82, 2.24) is 0 Å². The first-order chi connectivity index (χ1) is 16.5. The number of benzene rings is 2. The van der Waals surface area contributed by atoms with E-state index in [2.05, 4.69) is 52.0 Å². The van der Waals surface area contributed by atoms with Gasteiger partial charge >= 0.3 is 15.6 Å². The molecule has 0 saturated heterocycles. The van der Waals surface area contributed by atoms with Gasteiger partial charge in [-0.3, -0.25) is 4.79 Å². The van der Waals surface area contributed by atoms with Gasteiger partial charge in [0.15, 0.2) is 0 Å². The molecule has 0 spiro atoms. The summed E-state index contributed by atoms with van der Waals surface area (Å²) in [5, 5.41) is 2.53. The molecule has 0 atom stereocenters. The molecular weight excluding hydrogens is 431 g/mol. The van der Waals surface area contributed by atoms with Gasteiger partial charge in [0.25, 0.3) is 5.97 Å². The van der Waals surface area contributed by atoms with Gasteiger partial charge in [-0.1, -0.05) is 131 Å². The van der Waals surface area contributed by atoms with E-state index in [-0.39, 0.29) is 5.97 Å². The van der Waals surface area contributed by atoms with E-state index in [0.717, 1.165) is 12.8 Å². The average Bonchev–Trinajstić information content (AvgIpc) is 2.82. The molecule has 0 fully saturated rings. The van der Waals surface area contributed by atoms with Gasteiger partial charge in [-0.15, -0.1) is 0 Å². The fraction of sp³-hybridized carbons (Fsp3) is 0.645. The normalized spacial score (nSPS) is 11.2. The van der Waals surface area contributed by atoms with E-state index in [1.165, 1.54) is 115 Å². The van der Waals surface area contributed by atoms with Gasteiger partial charge in [-0.25, -0.2) is 0 Å². The highest BCUT2D eigenvalue weighted by Gasteiger charge is 2.15. The largest absolute Gasteiger partial charge is 0.618 e. The molecular formula is C31H48AlO2. The molecule has 0 heterocycles. The third-order valence-electron chi connectivity index (χ3n) is 7.26. The molecule has 2 rings (SSSR count). The van der Waals surface area contributed by atoms with Gasteiger partial charge in [0.2, 0.25) is 0 Å². The van der Waals surface area contributed by atoms with Gasteiger partial charge in [0, 0.05) is 6.42 Å². The average molecular weight is 480 g/mol. The lowest BCUT2D eigenvalue weighted by Gasteiger charge is -2.14. The number of hydrogen-bond donors (Lipinski definition) is 0. The van der Waals surface area contributed by atoms with Crippen LogP contribution in [0, 0.1) is 20.8 Å². The zero-order valence-corrected chi connectivity index (χ0v) is 23.7. The minimum Gasteiger partial charge on any atom is -0.618 e. The van der Waals surface area contributed by atoms with E-state index >= 15 is 0 Å². The second kappa shape index (κ2) is 17.2. The summed E-state index contributed by atoms with van der Waals surface area (Å²) in [6.07, 6.45) is 20.7. The summed E-state index contributed by atoms with van der Waals surface area (Å²) in [4.78, 5) is 12.3. The third kappa shape index (κ3) is 10.5. The highest BCUT2D eigenvalue weighted by molar-refractivity contribution is 6.53. The number of unbranched alkanes of at least 4 members (excludes halogenated alkanes) is 14. The van der Waals surface area contributed by atoms with E-state index in [9.17, 15) is 4.79 Å². The molecule has 0 aliphatic rings. The highest BCUT2D eigenvalue weighted by atomic mass is 27.1. The predicted molar refractivity (Wildman–Crippen MR) is 149 cm³/mol. The van der Waals surface area contributed by atoms with Crippen LogP contribution in [0.2, 0.25) is 0 Å². The Hall–Kier alpha value is -1.30. The van der Waals surface area contributed by atoms with Crippen molar-refractivity contribution >= 4 is 36.7 Å². The van der Waals surface area contributed by atoms with Crippen molar-refractivity contribution in [2.75, 3.05) is 0 Å². The SMILES string of the molecule is CCCCCCCCCCCCCCCCCC(=O)[O][Al][c]1c(C)c(C)cc2c(C)cccc12. The summed E-state index contributed by atoms with van der Waals surface area (Å²) < 4.78 is 7.01. The van der Waals surface area contributed by atoms with E-state index in [0.29, 0.717) is 6.42 Å². The molecule has 0 amide bonds. The molecule has 0 aliphatic carbocycles. The molecule has 0 bridgehead atoms. The van der Waals surface area contributed by atoms with Crippen molar-refractivity contribution in [2.45, 2.75) is 130 Å². The minimum atomic E-state index is -0.485. The topological polar surface area (TPSA) is 26.3 Å². The van der Waals surface area contributed by atoms with Crippen LogP contribution in [-0.2, 0) is 8.58 Å². The number of fused-ring (bicyclic) bond motifs is 1. The maximum Gasteiger partial charge on any atom is 0.573 e. The predicted octanol–water partition coefficient (Wildman–Crippen LogP) is 8.81. The van der Waals surface area contributed by atoms with Gasteiger partial charge in [-0.2, -0.15) is 0 Å². The number of carbonyl (C=O) groups excluding carboxylic acids is 1. The molecule has 2 aromatic rings. The summed E-state index contributed by atoms with van der Waals surface area (Å²) in [6, 6.07) is 8.69. The summed E-state index contributed by atoms with van der Waals surface area (Å²) in [7, 11) is 0. The molecule has 0 aliphatic heterocycles. The monoisotopic (exact) mass is 479 g/mol. The van der Waals surface area contributed by atoms with Gasteiger partial charge in [0.05, 0.1) is 0 Å². The number of hydrogen-bond acceptors (Lipinski definition) is 2. The van der Waals surface area contributed by atoms with E-state index in [1.54, 1.807) is 0 Å². The lowest BCUT2D eigenvalue weighted by atomic mass is 9.99. The van der Waals surface area contributed by atoms with Crippen LogP contribution in [0.4, 0.5) is 0 Å². The molecule has 187 valence electrons. The molecule has 3 heteroatoms. The number of rotatable bonds is 18. The molecule has 34 heavy (non-hydrogen) atoms. The Kier molecular flexibility index (Phi) is 14.6. The van der Waals surface area contributed by atoms with Gasteiger partial charge in [0.1, 0.15) is 0 Å². The summed E-state index contributed by atoms with van der Waals surface area (Å²) in [5.41, 5.74) is 3.83. The van der Waals surface area contributed by atoms with Crippen LogP contribution in [0.15, 0.2) is 24.3 Å². The smallest absolute Gasteiger partial charge is 0.573 e. The van der Waals surface area contributed by atoms with E-state index in [1.807, 2.05) is 0 Å². The van der Waals surface area contributed by atoms with Gasteiger partial charge in [-0.05, 0) is 49.1 Å². The third-order valence-corrected chi connectivity index (χ3v) is 8.62. The zero-order valence-electron chi connectivity index (χ0n) is 22.5. The van der Waals surface area contributed by atoms with Crippen molar-refractivity contribution < 1.29 is 8.58 Å². The minimum absolute atomic E-state index is 0.0218. The van der Waals surface area contributed by atoms with Crippen LogP contribution < -0.4 is 4.43 Å². The molecule has 0 saturated carbocycles. The van der Waals surface area contributed by atoms with Crippen LogP contribution in [0.3, 0.4) is 0 Å². The highest BCUT2D eigenvalue weighted by Crippen LogP contribution is 2.21. The Morgan fingerprint density at radius 3 is 1.79 bits per heavy atom. The molecule has 0 aromatic heterocycles. The summed E-state index contributed by atoms with van der Waals surface area (Å²) in [6.45, 7) is 8.74. The fourth-order valence-electron chi connectivity index (χ4n) is 4.82. The maximum absolute atomic E-state index is 12.3. The summed E-state index contributed by atoms with van der Waals surface area (Å²) >= 11 is -0.485. The Balaban J connectivity index is 1.52. The Morgan fingerprint density at radius 2 is 1.24 bits per heavy atom. The molecule has 2 nitrogen and oxygen atoms in total. The molecule has 1 radical (unpaired) electrons.